The van der Waals surface area contributed by atoms with Gasteiger partial charge in [-0.2, -0.15) is 0 Å². The fraction of sp³-hybridized carbons (Fsp3) is 0.429. The second kappa shape index (κ2) is 6.98. The molecule has 2 N–H and O–H groups in total. The van der Waals surface area contributed by atoms with E-state index in [1.54, 1.807) is 17.0 Å². The van der Waals surface area contributed by atoms with E-state index < -0.39 is 0 Å². The number of hydrogen-bond acceptors (Lipinski definition) is 6. The minimum Gasteiger partial charge on any atom is -0.356 e. The number of rotatable bonds is 3. The SMILES string of the molecule is Cc1c(N2CCC(C)(CN)CC2)nc(C)n(-c2ccc3nccnc3c2)c1=O. The van der Waals surface area contributed by atoms with Crippen molar-refractivity contribution in [3.63, 3.8) is 0 Å². The van der Waals surface area contributed by atoms with Crippen molar-refractivity contribution in [2.75, 3.05) is 24.5 Å². The lowest BCUT2D eigenvalue weighted by Gasteiger charge is -2.39. The zero-order chi connectivity index (χ0) is 19.9. The van der Waals surface area contributed by atoms with Crippen LogP contribution in [0.1, 0.15) is 31.2 Å². The van der Waals surface area contributed by atoms with Gasteiger partial charge in [0.15, 0.2) is 0 Å². The summed E-state index contributed by atoms with van der Waals surface area (Å²) >= 11 is 0. The van der Waals surface area contributed by atoms with Crippen LogP contribution in [0.25, 0.3) is 16.7 Å². The molecule has 0 atom stereocenters. The van der Waals surface area contributed by atoms with Gasteiger partial charge in [-0.1, -0.05) is 6.92 Å². The molecule has 1 aliphatic rings. The highest BCUT2D eigenvalue weighted by molar-refractivity contribution is 5.76. The van der Waals surface area contributed by atoms with Crippen LogP contribution in [-0.4, -0.2) is 39.2 Å². The van der Waals surface area contributed by atoms with Crippen LogP contribution in [0.2, 0.25) is 0 Å². The van der Waals surface area contributed by atoms with Gasteiger partial charge in [-0.05, 0) is 56.8 Å². The Balaban J connectivity index is 1.73. The Morgan fingerprint density at radius 3 is 2.46 bits per heavy atom. The maximum Gasteiger partial charge on any atom is 0.263 e. The number of fused-ring (bicyclic) bond motifs is 1. The van der Waals surface area contributed by atoms with Crippen LogP contribution >= 0.6 is 0 Å². The van der Waals surface area contributed by atoms with Crippen molar-refractivity contribution in [1.82, 2.24) is 19.5 Å². The Labute approximate surface area is 164 Å². The van der Waals surface area contributed by atoms with Crippen LogP contribution in [-0.2, 0) is 0 Å². The summed E-state index contributed by atoms with van der Waals surface area (Å²) in [7, 11) is 0. The van der Waals surface area contributed by atoms with Crippen LogP contribution < -0.4 is 16.2 Å². The van der Waals surface area contributed by atoms with Gasteiger partial charge in [0.1, 0.15) is 11.6 Å². The molecule has 1 aliphatic heterocycles. The number of aryl methyl sites for hydroxylation is 1. The van der Waals surface area contributed by atoms with Gasteiger partial charge in [-0.3, -0.25) is 19.3 Å². The van der Waals surface area contributed by atoms with Gasteiger partial charge in [0.05, 0.1) is 22.3 Å². The lowest BCUT2D eigenvalue weighted by molar-refractivity contribution is 0.257. The van der Waals surface area contributed by atoms with Gasteiger partial charge in [-0.15, -0.1) is 0 Å². The maximum atomic E-state index is 13.2. The van der Waals surface area contributed by atoms with E-state index in [9.17, 15) is 4.79 Å². The molecule has 0 radical (unpaired) electrons. The summed E-state index contributed by atoms with van der Waals surface area (Å²) in [4.78, 5) is 28.9. The van der Waals surface area contributed by atoms with Crippen LogP contribution in [0.4, 0.5) is 5.82 Å². The zero-order valence-corrected chi connectivity index (χ0v) is 16.6. The molecular formula is C21H26N6O. The third-order valence-corrected chi connectivity index (χ3v) is 5.92. The summed E-state index contributed by atoms with van der Waals surface area (Å²) in [5, 5.41) is 0. The van der Waals surface area contributed by atoms with Gasteiger partial charge in [-0.25, -0.2) is 4.98 Å². The normalized spacial score (nSPS) is 16.5. The first kappa shape index (κ1) is 18.6. The van der Waals surface area contributed by atoms with Gasteiger partial charge < -0.3 is 10.6 Å². The Morgan fingerprint density at radius 1 is 1.11 bits per heavy atom. The molecule has 2 aromatic heterocycles. The third kappa shape index (κ3) is 3.16. The minimum atomic E-state index is -0.0436. The summed E-state index contributed by atoms with van der Waals surface area (Å²) in [6.45, 7) is 8.40. The number of aromatic nitrogens is 4. The third-order valence-electron chi connectivity index (χ3n) is 5.92. The molecule has 7 heteroatoms. The molecule has 0 aliphatic carbocycles. The molecule has 1 aromatic carbocycles. The summed E-state index contributed by atoms with van der Waals surface area (Å²) in [6, 6.07) is 5.65. The number of benzene rings is 1. The average molecular weight is 378 g/mol. The van der Waals surface area contributed by atoms with Crippen LogP contribution in [0.3, 0.4) is 0 Å². The average Bonchev–Trinajstić information content (AvgIpc) is 2.71. The summed E-state index contributed by atoms with van der Waals surface area (Å²) < 4.78 is 1.65. The molecule has 0 unspecified atom stereocenters. The first-order chi connectivity index (χ1) is 13.4. The summed E-state index contributed by atoms with van der Waals surface area (Å²) in [6.07, 6.45) is 5.33. The molecule has 3 heterocycles. The molecule has 0 spiro atoms. The number of hydrogen-bond donors (Lipinski definition) is 1. The molecule has 1 saturated heterocycles. The van der Waals surface area contributed by atoms with E-state index in [-0.39, 0.29) is 11.0 Å². The van der Waals surface area contributed by atoms with Crippen molar-refractivity contribution in [3.05, 3.63) is 52.3 Å². The summed E-state index contributed by atoms with van der Waals surface area (Å²) in [5.74, 6) is 1.46. The van der Waals surface area contributed by atoms with E-state index in [1.165, 1.54) is 0 Å². The van der Waals surface area contributed by atoms with E-state index in [0.717, 1.165) is 48.5 Å². The Morgan fingerprint density at radius 2 is 1.79 bits per heavy atom. The highest BCUT2D eigenvalue weighted by Gasteiger charge is 2.30. The van der Waals surface area contributed by atoms with Gasteiger partial charge >= 0.3 is 0 Å². The van der Waals surface area contributed by atoms with Crippen LogP contribution in [0.15, 0.2) is 35.4 Å². The van der Waals surface area contributed by atoms with E-state index in [4.69, 9.17) is 10.7 Å². The molecule has 3 aromatic rings. The fourth-order valence-electron chi connectivity index (χ4n) is 3.86. The van der Waals surface area contributed by atoms with E-state index in [1.807, 2.05) is 32.0 Å². The molecule has 4 rings (SSSR count). The quantitative estimate of drug-likeness (QED) is 0.752. The topological polar surface area (TPSA) is 89.9 Å². The molecule has 7 nitrogen and oxygen atoms in total. The fourth-order valence-corrected chi connectivity index (χ4v) is 3.86. The molecule has 0 saturated carbocycles. The van der Waals surface area contributed by atoms with Crippen LogP contribution in [0.5, 0.6) is 0 Å². The van der Waals surface area contributed by atoms with Crippen molar-refractivity contribution < 1.29 is 0 Å². The van der Waals surface area contributed by atoms with Crippen molar-refractivity contribution in [2.45, 2.75) is 33.6 Å². The van der Waals surface area contributed by atoms with Crippen LogP contribution in [0, 0.1) is 19.3 Å². The maximum absolute atomic E-state index is 13.2. The molecule has 0 bridgehead atoms. The van der Waals surface area contributed by atoms with E-state index in [0.29, 0.717) is 17.9 Å². The monoisotopic (exact) mass is 378 g/mol. The Hall–Kier alpha value is -2.80. The molecule has 0 amide bonds. The van der Waals surface area contributed by atoms with E-state index in [2.05, 4.69) is 21.8 Å². The van der Waals surface area contributed by atoms with Crippen molar-refractivity contribution >= 4 is 16.9 Å². The molecule has 1 fully saturated rings. The summed E-state index contributed by atoms with van der Waals surface area (Å²) in [5.41, 5.74) is 9.04. The number of piperidine rings is 1. The lowest BCUT2D eigenvalue weighted by Crippen LogP contribution is -2.43. The smallest absolute Gasteiger partial charge is 0.263 e. The van der Waals surface area contributed by atoms with E-state index >= 15 is 0 Å². The molecule has 146 valence electrons. The van der Waals surface area contributed by atoms with Gasteiger partial charge in [0.2, 0.25) is 0 Å². The lowest BCUT2D eigenvalue weighted by atomic mass is 9.80. The number of nitrogens with two attached hydrogens (primary N) is 1. The van der Waals surface area contributed by atoms with Gasteiger partial charge in [0.25, 0.3) is 5.56 Å². The standard InChI is InChI=1S/C21H26N6O/c1-14-19(26-10-6-21(3,13-22)7-11-26)25-15(2)27(20(14)28)16-4-5-17-18(12-16)24-9-8-23-17/h4-5,8-9,12H,6-7,10-11,13,22H2,1-3H3. The predicted molar refractivity (Wildman–Crippen MR) is 111 cm³/mol. The Kier molecular flexibility index (Phi) is 4.63. The highest BCUT2D eigenvalue weighted by atomic mass is 16.1. The largest absolute Gasteiger partial charge is 0.356 e. The highest BCUT2D eigenvalue weighted by Crippen LogP contribution is 2.32. The molecular weight excluding hydrogens is 352 g/mol. The number of nitrogens with zero attached hydrogens (tertiary/aromatic N) is 5. The predicted octanol–water partition coefficient (Wildman–Crippen LogP) is 2.36. The van der Waals surface area contributed by atoms with Crippen molar-refractivity contribution in [3.8, 4) is 5.69 Å². The Bertz CT molecular complexity index is 1080. The first-order valence-electron chi connectivity index (χ1n) is 9.68. The second-order valence-electron chi connectivity index (χ2n) is 7.98. The van der Waals surface area contributed by atoms with Crippen molar-refractivity contribution in [2.24, 2.45) is 11.1 Å². The number of anilines is 1. The van der Waals surface area contributed by atoms with Gasteiger partial charge in [0, 0.05) is 25.5 Å². The van der Waals surface area contributed by atoms with Crippen molar-refractivity contribution in [1.29, 1.82) is 0 Å². The second-order valence-corrected chi connectivity index (χ2v) is 7.98. The zero-order valence-electron chi connectivity index (χ0n) is 16.6. The minimum absolute atomic E-state index is 0.0436. The first-order valence-corrected chi connectivity index (χ1v) is 9.68. The molecule has 28 heavy (non-hydrogen) atoms.